The van der Waals surface area contributed by atoms with Gasteiger partial charge in [-0.2, -0.15) is 0 Å². The summed E-state index contributed by atoms with van der Waals surface area (Å²) in [7, 11) is 0. The van der Waals surface area contributed by atoms with Crippen molar-refractivity contribution in [1.82, 2.24) is 10.4 Å². The molecule has 168 valence electrons. The summed E-state index contributed by atoms with van der Waals surface area (Å²) in [5.41, 5.74) is 2.53. The molecule has 3 amide bonds. The van der Waals surface area contributed by atoms with Crippen LogP contribution in [0.25, 0.3) is 0 Å². The Morgan fingerprint density at radius 1 is 1.09 bits per heavy atom. The van der Waals surface area contributed by atoms with Crippen molar-refractivity contribution in [1.29, 1.82) is 0 Å². The summed E-state index contributed by atoms with van der Waals surface area (Å²) in [6.45, 7) is 7.23. The van der Waals surface area contributed by atoms with E-state index in [1.54, 1.807) is 24.3 Å². The molecule has 1 aliphatic heterocycles. The number of benzene rings is 2. The Labute approximate surface area is 193 Å². The molecular weight excluding hydrogens is 426 g/mol. The van der Waals surface area contributed by atoms with E-state index in [9.17, 15) is 9.59 Å². The molecule has 0 radical (unpaired) electrons. The van der Waals surface area contributed by atoms with Gasteiger partial charge in [-0.3, -0.25) is 14.9 Å². The molecule has 5 atom stereocenters. The van der Waals surface area contributed by atoms with Crippen LogP contribution in [0.3, 0.4) is 0 Å². The first-order chi connectivity index (χ1) is 15.2. The fourth-order valence-electron chi connectivity index (χ4n) is 5.79. The van der Waals surface area contributed by atoms with Gasteiger partial charge in [0, 0.05) is 11.7 Å². The summed E-state index contributed by atoms with van der Waals surface area (Å²) in [5.74, 6) is 0.218. The molecule has 6 nitrogen and oxygen atoms in total. The van der Waals surface area contributed by atoms with Crippen molar-refractivity contribution in [3.05, 3.63) is 64.7 Å². The van der Waals surface area contributed by atoms with E-state index in [2.05, 4.69) is 36.5 Å². The molecule has 1 heterocycles. The van der Waals surface area contributed by atoms with Gasteiger partial charge >= 0.3 is 6.03 Å². The van der Waals surface area contributed by atoms with Gasteiger partial charge in [0.1, 0.15) is 0 Å². The molecule has 2 N–H and O–H groups in total. The smallest absolute Gasteiger partial charge is 0.308 e. The molecular formula is C25H28ClN3O3. The van der Waals surface area contributed by atoms with Crippen LogP contribution >= 0.6 is 11.6 Å². The largest absolute Gasteiger partial charge is 0.326 e. The number of rotatable bonds is 4. The lowest BCUT2D eigenvalue weighted by Crippen LogP contribution is -2.39. The van der Waals surface area contributed by atoms with Crippen molar-refractivity contribution in [2.45, 2.75) is 52.3 Å². The quantitative estimate of drug-likeness (QED) is 0.577. The fraction of sp³-hybridized carbons (Fsp3) is 0.440. The molecule has 2 saturated carbocycles. The lowest BCUT2D eigenvalue weighted by Gasteiger charge is -2.38. The van der Waals surface area contributed by atoms with Crippen LogP contribution in [-0.2, 0) is 4.84 Å². The van der Waals surface area contributed by atoms with Crippen molar-refractivity contribution >= 4 is 29.2 Å². The minimum Gasteiger partial charge on any atom is -0.308 e. The first-order valence-electron chi connectivity index (χ1n) is 11.1. The van der Waals surface area contributed by atoms with Gasteiger partial charge in [0.15, 0.2) is 6.23 Å². The Kier molecular flexibility index (Phi) is 5.08. The van der Waals surface area contributed by atoms with Gasteiger partial charge in [0.2, 0.25) is 0 Å². The molecule has 2 bridgehead atoms. The molecule has 1 saturated heterocycles. The van der Waals surface area contributed by atoms with Crippen LogP contribution in [0, 0.1) is 16.7 Å². The van der Waals surface area contributed by atoms with Crippen molar-refractivity contribution in [3.8, 4) is 0 Å². The number of urea groups is 1. The summed E-state index contributed by atoms with van der Waals surface area (Å²) < 4.78 is 0. The highest BCUT2D eigenvalue weighted by atomic mass is 35.5. The maximum absolute atomic E-state index is 12.2. The Hall–Kier alpha value is -2.41. The minimum atomic E-state index is -0.607. The van der Waals surface area contributed by atoms with Crippen molar-refractivity contribution < 1.29 is 14.4 Å². The molecule has 2 aromatic rings. The normalized spacial score (nSPS) is 31.9. The predicted molar refractivity (Wildman–Crippen MR) is 123 cm³/mol. The number of hydroxylamine groups is 2. The van der Waals surface area contributed by atoms with Crippen molar-refractivity contribution in [2.75, 3.05) is 5.32 Å². The van der Waals surface area contributed by atoms with E-state index in [0.29, 0.717) is 22.2 Å². The lowest BCUT2D eigenvalue weighted by atomic mass is 9.69. The zero-order valence-corrected chi connectivity index (χ0v) is 19.3. The van der Waals surface area contributed by atoms with Gasteiger partial charge < -0.3 is 5.32 Å². The Bertz CT molecular complexity index is 1070. The molecule has 3 fully saturated rings. The third-order valence-corrected chi connectivity index (χ3v) is 8.59. The Morgan fingerprint density at radius 2 is 1.81 bits per heavy atom. The summed E-state index contributed by atoms with van der Waals surface area (Å²) >= 11 is 6.01. The van der Waals surface area contributed by atoms with Crippen LogP contribution in [0.15, 0.2) is 48.5 Å². The summed E-state index contributed by atoms with van der Waals surface area (Å²) in [6, 6.07) is 14.0. The second kappa shape index (κ2) is 7.58. The number of amides is 3. The number of anilines is 1. The second-order valence-corrected chi connectivity index (χ2v) is 10.4. The zero-order chi connectivity index (χ0) is 22.7. The molecule has 0 aromatic heterocycles. The first kappa shape index (κ1) is 21.4. The second-order valence-electron chi connectivity index (χ2n) is 9.95. The number of imide groups is 1. The van der Waals surface area contributed by atoms with E-state index < -0.39 is 11.9 Å². The van der Waals surface area contributed by atoms with Crippen LogP contribution in [0.1, 0.15) is 62.2 Å². The molecule has 7 heteroatoms. The predicted octanol–water partition coefficient (Wildman–Crippen LogP) is 5.76. The fourth-order valence-corrected chi connectivity index (χ4v) is 6.01. The monoisotopic (exact) mass is 453 g/mol. The third kappa shape index (κ3) is 3.41. The zero-order valence-electron chi connectivity index (χ0n) is 18.5. The van der Waals surface area contributed by atoms with E-state index in [1.165, 1.54) is 19.3 Å². The summed E-state index contributed by atoms with van der Waals surface area (Å²) in [6.07, 6.45) is 3.74. The van der Waals surface area contributed by atoms with Crippen LogP contribution in [0.4, 0.5) is 10.5 Å². The minimum absolute atomic E-state index is 0.0309. The lowest BCUT2D eigenvalue weighted by molar-refractivity contribution is 0.0306. The number of fused-ring (bicyclic) bond motifs is 2. The number of hydrogen-bond acceptors (Lipinski definition) is 4. The molecule has 5 rings (SSSR count). The number of nitrogens with one attached hydrogen (secondary N) is 2. The van der Waals surface area contributed by atoms with Gasteiger partial charge in [-0.05, 0) is 65.8 Å². The van der Waals surface area contributed by atoms with Gasteiger partial charge in [-0.1, -0.05) is 56.6 Å². The third-order valence-electron chi connectivity index (χ3n) is 8.26. The van der Waals surface area contributed by atoms with Crippen molar-refractivity contribution in [3.63, 3.8) is 0 Å². The van der Waals surface area contributed by atoms with Crippen LogP contribution in [0.5, 0.6) is 0 Å². The number of hydrogen-bond donors (Lipinski definition) is 2. The summed E-state index contributed by atoms with van der Waals surface area (Å²) in [5, 5.41) is 7.45. The van der Waals surface area contributed by atoms with Crippen LogP contribution in [0.2, 0.25) is 5.02 Å². The maximum Gasteiger partial charge on any atom is 0.326 e. The number of carbonyl (C=O) groups excluding carboxylic acids is 2. The van der Waals surface area contributed by atoms with E-state index in [-0.39, 0.29) is 17.2 Å². The standard InChI is InChI=1S/C25H28ClN3O3/c1-24(2)16-12-13-25(24,3)20(14-16)29-22(32-29)15-8-10-17(11-9-15)27-23(31)28-21(30)18-6-4-5-7-19(18)26/h4-11,16,20,22H,12-14H2,1-3H3,(H2,27,28,30,31). The van der Waals surface area contributed by atoms with Gasteiger partial charge in [-0.25, -0.2) is 4.79 Å². The Balaban J connectivity index is 1.18. The van der Waals surface area contributed by atoms with E-state index in [0.717, 1.165) is 11.5 Å². The molecule has 32 heavy (non-hydrogen) atoms. The van der Waals surface area contributed by atoms with E-state index >= 15 is 0 Å². The highest BCUT2D eigenvalue weighted by molar-refractivity contribution is 6.34. The highest BCUT2D eigenvalue weighted by Crippen LogP contribution is 2.68. The van der Waals surface area contributed by atoms with Gasteiger partial charge in [-0.15, -0.1) is 5.06 Å². The number of nitrogens with zero attached hydrogens (tertiary/aromatic N) is 1. The maximum atomic E-state index is 12.2. The van der Waals surface area contributed by atoms with E-state index in [4.69, 9.17) is 16.4 Å². The van der Waals surface area contributed by atoms with Gasteiger partial charge in [0.05, 0.1) is 10.6 Å². The molecule has 5 unspecified atom stereocenters. The average molecular weight is 454 g/mol. The van der Waals surface area contributed by atoms with Gasteiger partial charge in [0.25, 0.3) is 5.91 Å². The topological polar surface area (TPSA) is 73.7 Å². The number of halogens is 1. The van der Waals surface area contributed by atoms with E-state index in [1.807, 2.05) is 24.3 Å². The molecule has 2 aromatic carbocycles. The molecule has 0 spiro atoms. The molecule has 2 aliphatic carbocycles. The van der Waals surface area contributed by atoms with Crippen molar-refractivity contribution in [2.24, 2.45) is 16.7 Å². The average Bonchev–Trinajstić information content (AvgIpc) is 3.47. The van der Waals surface area contributed by atoms with Crippen LogP contribution < -0.4 is 10.6 Å². The molecule has 3 aliphatic rings. The summed E-state index contributed by atoms with van der Waals surface area (Å²) in [4.78, 5) is 30.5. The SMILES string of the molecule is CC1(C)C2CCC1(C)C(N1OC1c1ccc(NC(=O)NC(=O)c3ccccc3Cl)cc1)C2. The Morgan fingerprint density at radius 3 is 2.44 bits per heavy atom. The highest BCUT2D eigenvalue weighted by Gasteiger charge is 2.66. The number of carbonyl (C=O) groups is 2. The first-order valence-corrected chi connectivity index (χ1v) is 11.5. The van der Waals surface area contributed by atoms with Crippen LogP contribution in [-0.4, -0.2) is 23.0 Å².